The highest BCUT2D eigenvalue weighted by Gasteiger charge is 2.26. The summed E-state index contributed by atoms with van der Waals surface area (Å²) in [5.74, 6) is 1.28. The summed E-state index contributed by atoms with van der Waals surface area (Å²) in [6.45, 7) is 0. The van der Waals surface area contributed by atoms with E-state index in [0.717, 1.165) is 0 Å². The van der Waals surface area contributed by atoms with Crippen LogP contribution < -0.4 is 19.3 Å². The van der Waals surface area contributed by atoms with Crippen molar-refractivity contribution in [3.05, 3.63) is 21.2 Å². The van der Waals surface area contributed by atoms with Crippen molar-refractivity contribution in [2.45, 2.75) is 5.03 Å². The van der Waals surface area contributed by atoms with Gasteiger partial charge in [0.1, 0.15) is 0 Å². The van der Waals surface area contributed by atoms with Crippen molar-refractivity contribution in [1.29, 1.82) is 0 Å². The van der Waals surface area contributed by atoms with Crippen LogP contribution in [-0.4, -0.2) is 34.7 Å². The van der Waals surface area contributed by atoms with Crippen LogP contribution in [0.5, 0.6) is 17.2 Å². The lowest BCUT2D eigenvalue weighted by molar-refractivity contribution is 0.325. The Hall–Kier alpha value is -1.23. The topological polar surface area (TPSA) is 104 Å². The van der Waals surface area contributed by atoms with Crippen molar-refractivity contribution in [2.75, 3.05) is 21.3 Å². The minimum absolute atomic E-state index is 0.142. The van der Waals surface area contributed by atoms with Crippen LogP contribution in [0.3, 0.4) is 0 Å². The normalized spacial score (nSPS) is 11.4. The van der Waals surface area contributed by atoms with Gasteiger partial charge in [-0.3, -0.25) is 0 Å². The zero-order valence-electron chi connectivity index (χ0n) is 12.4. The molecule has 1 aromatic carbocycles. The SMILES string of the molecule is COc1ccc(-c2c(Br)[nH]c(S(N)(=O)=O)c2Br)c(OC)c1OC. The Morgan fingerprint density at radius 3 is 2.09 bits per heavy atom. The van der Waals surface area contributed by atoms with E-state index in [-0.39, 0.29) is 9.50 Å². The first kappa shape index (κ1) is 18.1. The first-order valence-electron chi connectivity index (χ1n) is 6.15. The van der Waals surface area contributed by atoms with Gasteiger partial charge in [0.25, 0.3) is 10.0 Å². The Labute approximate surface area is 150 Å². The van der Waals surface area contributed by atoms with E-state index in [0.29, 0.717) is 33.0 Å². The van der Waals surface area contributed by atoms with Gasteiger partial charge in [0.15, 0.2) is 16.5 Å². The molecule has 23 heavy (non-hydrogen) atoms. The van der Waals surface area contributed by atoms with Gasteiger partial charge >= 0.3 is 0 Å². The predicted octanol–water partition coefficient (Wildman–Crippen LogP) is 2.88. The van der Waals surface area contributed by atoms with Gasteiger partial charge in [-0.05, 0) is 44.0 Å². The summed E-state index contributed by atoms with van der Waals surface area (Å²) in [5.41, 5.74) is 1.13. The molecule has 0 saturated carbocycles. The summed E-state index contributed by atoms with van der Waals surface area (Å²) in [6, 6.07) is 3.42. The molecule has 0 aliphatic carbocycles. The van der Waals surface area contributed by atoms with Crippen LogP contribution in [-0.2, 0) is 10.0 Å². The van der Waals surface area contributed by atoms with Crippen LogP contribution in [0, 0.1) is 0 Å². The molecule has 1 aromatic heterocycles. The van der Waals surface area contributed by atoms with E-state index in [9.17, 15) is 8.42 Å². The van der Waals surface area contributed by atoms with Gasteiger partial charge < -0.3 is 19.2 Å². The van der Waals surface area contributed by atoms with Crippen molar-refractivity contribution in [2.24, 2.45) is 5.14 Å². The average Bonchev–Trinajstić information content (AvgIpc) is 2.80. The summed E-state index contributed by atoms with van der Waals surface area (Å²) in [6.07, 6.45) is 0. The third kappa shape index (κ3) is 3.21. The largest absolute Gasteiger partial charge is 0.493 e. The zero-order chi connectivity index (χ0) is 17.4. The number of nitrogens with one attached hydrogen (secondary N) is 1. The molecule has 10 heteroatoms. The van der Waals surface area contributed by atoms with Crippen molar-refractivity contribution >= 4 is 41.9 Å². The quantitative estimate of drug-likeness (QED) is 0.700. The van der Waals surface area contributed by atoms with Crippen LogP contribution in [0.15, 0.2) is 26.2 Å². The standard InChI is InChI=1S/C13H14Br2N2O5S/c1-20-7-5-4-6(10(21-2)11(7)22-3)8-9(14)13(17-12(8)15)23(16,18)19/h4-5,17H,1-3H3,(H2,16,18,19). The lowest BCUT2D eigenvalue weighted by atomic mass is 10.1. The van der Waals surface area contributed by atoms with E-state index in [1.165, 1.54) is 21.3 Å². The number of halogens is 2. The number of primary sulfonamides is 1. The summed E-state index contributed by atoms with van der Waals surface area (Å²) < 4.78 is 40.0. The van der Waals surface area contributed by atoms with E-state index >= 15 is 0 Å². The molecular weight excluding hydrogens is 456 g/mol. The van der Waals surface area contributed by atoms with Crippen LogP contribution in [0.25, 0.3) is 11.1 Å². The van der Waals surface area contributed by atoms with Gasteiger partial charge in [-0.1, -0.05) is 0 Å². The number of sulfonamides is 1. The molecular formula is C13H14Br2N2O5S. The molecule has 7 nitrogen and oxygen atoms in total. The Balaban J connectivity index is 2.81. The second-order valence-corrected chi connectivity index (χ2v) is 7.47. The van der Waals surface area contributed by atoms with Gasteiger partial charge in [0, 0.05) is 11.1 Å². The number of rotatable bonds is 5. The van der Waals surface area contributed by atoms with Crippen LogP contribution in [0.2, 0.25) is 0 Å². The van der Waals surface area contributed by atoms with Gasteiger partial charge in [0.05, 0.1) is 30.4 Å². The molecule has 0 fully saturated rings. The van der Waals surface area contributed by atoms with Crippen molar-refractivity contribution in [1.82, 2.24) is 4.98 Å². The molecule has 0 amide bonds. The molecule has 0 aliphatic rings. The smallest absolute Gasteiger partial charge is 0.254 e. The number of hydrogen-bond acceptors (Lipinski definition) is 5. The molecule has 0 saturated heterocycles. The number of methoxy groups -OCH3 is 3. The lowest BCUT2D eigenvalue weighted by Gasteiger charge is -2.15. The van der Waals surface area contributed by atoms with Crippen LogP contribution in [0.4, 0.5) is 0 Å². The molecule has 1 heterocycles. The molecule has 2 aromatic rings. The maximum absolute atomic E-state index is 11.6. The Morgan fingerprint density at radius 1 is 1.04 bits per heavy atom. The van der Waals surface area contributed by atoms with Crippen LogP contribution in [0.1, 0.15) is 0 Å². The highest BCUT2D eigenvalue weighted by molar-refractivity contribution is 9.11. The molecule has 0 aliphatic heterocycles. The second-order valence-electron chi connectivity index (χ2n) is 4.38. The zero-order valence-corrected chi connectivity index (χ0v) is 16.4. The predicted molar refractivity (Wildman–Crippen MR) is 92.7 cm³/mol. The Morgan fingerprint density at radius 2 is 1.65 bits per heavy atom. The van der Waals surface area contributed by atoms with E-state index in [2.05, 4.69) is 36.8 Å². The number of ether oxygens (including phenoxy) is 3. The fraction of sp³-hybridized carbons (Fsp3) is 0.231. The Bertz CT molecular complexity index is 849. The van der Waals surface area contributed by atoms with E-state index in [1.54, 1.807) is 12.1 Å². The number of nitrogens with two attached hydrogens (primary N) is 1. The molecule has 0 unspecified atom stereocenters. The maximum atomic E-state index is 11.6. The minimum atomic E-state index is -3.92. The number of benzene rings is 1. The fourth-order valence-corrected chi connectivity index (χ4v) is 4.95. The number of aromatic amines is 1. The average molecular weight is 470 g/mol. The number of H-pyrrole nitrogens is 1. The van der Waals surface area contributed by atoms with Gasteiger partial charge in [-0.25, -0.2) is 13.6 Å². The Kier molecular flexibility index (Phi) is 5.29. The van der Waals surface area contributed by atoms with Crippen LogP contribution >= 0.6 is 31.9 Å². The summed E-state index contributed by atoms with van der Waals surface area (Å²) in [7, 11) is 0.561. The first-order chi connectivity index (χ1) is 10.8. The highest BCUT2D eigenvalue weighted by Crippen LogP contribution is 2.49. The van der Waals surface area contributed by atoms with Gasteiger partial charge in [0.2, 0.25) is 5.75 Å². The molecule has 0 radical (unpaired) electrons. The molecule has 0 bridgehead atoms. The second kappa shape index (κ2) is 6.71. The summed E-state index contributed by atoms with van der Waals surface area (Å²) in [5, 5.41) is 5.06. The number of hydrogen-bond donors (Lipinski definition) is 2. The minimum Gasteiger partial charge on any atom is -0.493 e. The molecule has 2 rings (SSSR count). The van der Waals surface area contributed by atoms with E-state index < -0.39 is 10.0 Å². The monoisotopic (exact) mass is 468 g/mol. The third-order valence-electron chi connectivity index (χ3n) is 3.12. The summed E-state index contributed by atoms with van der Waals surface area (Å²) >= 11 is 6.58. The molecule has 126 valence electrons. The lowest BCUT2D eigenvalue weighted by Crippen LogP contribution is -2.13. The van der Waals surface area contributed by atoms with Gasteiger partial charge in [-0.15, -0.1) is 0 Å². The number of aromatic nitrogens is 1. The van der Waals surface area contributed by atoms with E-state index in [4.69, 9.17) is 19.3 Å². The highest BCUT2D eigenvalue weighted by atomic mass is 79.9. The molecule has 3 N–H and O–H groups in total. The van der Waals surface area contributed by atoms with Crippen molar-refractivity contribution in [3.63, 3.8) is 0 Å². The molecule has 0 atom stereocenters. The van der Waals surface area contributed by atoms with Crippen molar-refractivity contribution in [3.8, 4) is 28.4 Å². The fourth-order valence-electron chi connectivity index (χ4n) is 2.16. The molecule has 0 spiro atoms. The first-order valence-corrected chi connectivity index (χ1v) is 9.28. The van der Waals surface area contributed by atoms with E-state index in [1.807, 2.05) is 0 Å². The maximum Gasteiger partial charge on any atom is 0.254 e. The summed E-state index contributed by atoms with van der Waals surface area (Å²) in [4.78, 5) is 2.70. The van der Waals surface area contributed by atoms with Gasteiger partial charge in [-0.2, -0.15) is 0 Å². The third-order valence-corrected chi connectivity index (χ3v) is 5.65. The van der Waals surface area contributed by atoms with Crippen molar-refractivity contribution < 1.29 is 22.6 Å².